The van der Waals surface area contributed by atoms with Crippen LogP contribution >= 0.6 is 0 Å². The summed E-state index contributed by atoms with van der Waals surface area (Å²) >= 11 is 0. The van der Waals surface area contributed by atoms with Crippen LogP contribution < -0.4 is 0 Å². The monoisotopic (exact) mass is 589 g/mol. The van der Waals surface area contributed by atoms with E-state index in [2.05, 4.69) is 94.9 Å². The predicted octanol–water partition coefficient (Wildman–Crippen LogP) is 9.82. The summed E-state index contributed by atoms with van der Waals surface area (Å²) in [6, 6.07) is 51.9. The van der Waals surface area contributed by atoms with E-state index in [1.165, 1.54) is 10.8 Å². The highest BCUT2D eigenvalue weighted by Crippen LogP contribution is 2.35. The lowest BCUT2D eigenvalue weighted by Crippen LogP contribution is -2.00. The smallest absolute Gasteiger partial charge is 0.164 e. The van der Waals surface area contributed by atoms with Gasteiger partial charge in [-0.15, -0.1) is 0 Å². The highest BCUT2D eigenvalue weighted by atomic mass is 15.0. The van der Waals surface area contributed by atoms with Gasteiger partial charge in [-0.1, -0.05) is 121 Å². The molecule has 0 fully saturated rings. The molecule has 0 saturated carbocycles. The van der Waals surface area contributed by atoms with E-state index in [9.17, 15) is 0 Å². The van der Waals surface area contributed by atoms with E-state index in [4.69, 9.17) is 15.0 Å². The zero-order chi connectivity index (χ0) is 30.7. The first-order chi connectivity index (χ1) is 22.8. The normalized spacial score (nSPS) is 11.0. The van der Waals surface area contributed by atoms with E-state index in [0.717, 1.165) is 44.5 Å². The Labute approximate surface area is 267 Å². The van der Waals surface area contributed by atoms with Crippen molar-refractivity contribution >= 4 is 10.8 Å². The Morgan fingerprint density at radius 3 is 1.35 bits per heavy atom. The van der Waals surface area contributed by atoms with E-state index in [1.807, 2.05) is 66.7 Å². The third-order valence-electron chi connectivity index (χ3n) is 8.02. The molecule has 5 nitrogen and oxygen atoms in total. The zero-order valence-corrected chi connectivity index (χ0v) is 24.8. The van der Waals surface area contributed by atoms with Crippen molar-refractivity contribution in [3.05, 3.63) is 164 Å². The second-order valence-electron chi connectivity index (χ2n) is 11.0. The molecule has 2 aromatic heterocycles. The summed E-state index contributed by atoms with van der Waals surface area (Å²) < 4.78 is 0. The van der Waals surface area contributed by atoms with E-state index in [-0.39, 0.29) is 0 Å². The van der Waals surface area contributed by atoms with Crippen LogP contribution in [0.4, 0.5) is 0 Å². The molecule has 0 radical (unpaired) electrons. The van der Waals surface area contributed by atoms with Gasteiger partial charge in [-0.05, 0) is 63.4 Å². The van der Waals surface area contributed by atoms with Crippen molar-refractivity contribution in [1.29, 1.82) is 0 Å². The molecule has 0 atom stereocenters. The lowest BCUT2D eigenvalue weighted by molar-refractivity contribution is 1.07. The number of hydrogen-bond donors (Lipinski definition) is 0. The van der Waals surface area contributed by atoms with Crippen LogP contribution in [-0.4, -0.2) is 24.9 Å². The van der Waals surface area contributed by atoms with E-state index in [1.54, 1.807) is 12.4 Å². The summed E-state index contributed by atoms with van der Waals surface area (Å²) in [7, 11) is 0. The fourth-order valence-corrected chi connectivity index (χ4v) is 5.66. The fraction of sp³-hybridized carbons (Fsp3) is 0. The average molecular weight is 590 g/mol. The van der Waals surface area contributed by atoms with Gasteiger partial charge in [0.15, 0.2) is 23.3 Å². The number of hydrogen-bond acceptors (Lipinski definition) is 5. The van der Waals surface area contributed by atoms with Gasteiger partial charge >= 0.3 is 0 Å². The van der Waals surface area contributed by atoms with Gasteiger partial charge < -0.3 is 0 Å². The maximum atomic E-state index is 5.03. The molecular weight excluding hydrogens is 562 g/mol. The summed E-state index contributed by atoms with van der Waals surface area (Å²) in [5, 5.41) is 2.40. The van der Waals surface area contributed by atoms with Crippen LogP contribution in [0.15, 0.2) is 164 Å². The summed E-state index contributed by atoms with van der Waals surface area (Å²) in [5.74, 6) is 2.58. The number of fused-ring (bicyclic) bond motifs is 1. The van der Waals surface area contributed by atoms with Gasteiger partial charge in [-0.25, -0.2) is 24.9 Å². The van der Waals surface area contributed by atoms with Crippen molar-refractivity contribution in [2.45, 2.75) is 0 Å². The van der Waals surface area contributed by atoms with Crippen molar-refractivity contribution < 1.29 is 0 Å². The Bertz CT molecular complexity index is 2230. The van der Waals surface area contributed by atoms with Crippen molar-refractivity contribution in [3.8, 4) is 67.8 Å². The molecule has 5 heteroatoms. The summed E-state index contributed by atoms with van der Waals surface area (Å²) in [6.45, 7) is 0. The predicted molar refractivity (Wildman–Crippen MR) is 186 cm³/mol. The van der Waals surface area contributed by atoms with Crippen LogP contribution in [0.5, 0.6) is 0 Å². The molecule has 0 saturated heterocycles. The molecule has 0 bridgehead atoms. The van der Waals surface area contributed by atoms with Crippen LogP contribution in [0.3, 0.4) is 0 Å². The molecule has 6 aromatic carbocycles. The van der Waals surface area contributed by atoms with Crippen molar-refractivity contribution in [2.24, 2.45) is 0 Å². The minimum atomic E-state index is 0.617. The third-order valence-corrected chi connectivity index (χ3v) is 8.02. The maximum Gasteiger partial charge on any atom is 0.164 e. The molecule has 0 amide bonds. The van der Waals surface area contributed by atoms with Crippen LogP contribution in [0.1, 0.15) is 0 Å². The average Bonchev–Trinajstić information content (AvgIpc) is 3.15. The second kappa shape index (κ2) is 12.0. The Morgan fingerprint density at radius 1 is 0.261 bits per heavy atom. The molecule has 0 spiro atoms. The van der Waals surface area contributed by atoms with Gasteiger partial charge in [0, 0.05) is 34.6 Å². The zero-order valence-electron chi connectivity index (χ0n) is 24.8. The minimum Gasteiger partial charge on any atom is -0.237 e. The minimum absolute atomic E-state index is 0.617. The van der Waals surface area contributed by atoms with Crippen molar-refractivity contribution in [1.82, 2.24) is 24.9 Å². The van der Waals surface area contributed by atoms with Crippen LogP contribution in [0.25, 0.3) is 78.6 Å². The van der Waals surface area contributed by atoms with Crippen LogP contribution in [0.2, 0.25) is 0 Å². The standard InChI is InChI=1S/C41H27N5/c1-3-11-30(12-4-1)39-44-40(31-13-5-2-6-14-31)46-41(45-39)37-26-35(29-16-19-32(20-17-29)38-42-22-9-23-43-38)25-36(27-37)34-21-18-28-10-7-8-15-33(28)24-34/h1-27H. The quantitative estimate of drug-likeness (QED) is 0.193. The number of benzene rings is 6. The Hall–Kier alpha value is -6.33. The Kier molecular flexibility index (Phi) is 7.09. The van der Waals surface area contributed by atoms with E-state index < -0.39 is 0 Å². The van der Waals surface area contributed by atoms with Gasteiger partial charge in [0.25, 0.3) is 0 Å². The molecule has 46 heavy (non-hydrogen) atoms. The first-order valence-corrected chi connectivity index (χ1v) is 15.2. The highest BCUT2D eigenvalue weighted by molar-refractivity contribution is 5.89. The van der Waals surface area contributed by atoms with Crippen LogP contribution in [0, 0.1) is 0 Å². The molecule has 2 heterocycles. The number of nitrogens with zero attached hydrogens (tertiary/aromatic N) is 5. The first-order valence-electron chi connectivity index (χ1n) is 15.2. The maximum absolute atomic E-state index is 5.03. The Balaban J connectivity index is 1.31. The lowest BCUT2D eigenvalue weighted by Gasteiger charge is -2.13. The molecule has 0 aliphatic carbocycles. The lowest BCUT2D eigenvalue weighted by atomic mass is 9.94. The molecule has 0 N–H and O–H groups in total. The van der Waals surface area contributed by atoms with Crippen molar-refractivity contribution in [3.63, 3.8) is 0 Å². The molecule has 8 aromatic rings. The molecule has 216 valence electrons. The first kappa shape index (κ1) is 27.2. The molecule has 8 rings (SSSR count). The number of rotatable bonds is 6. The second-order valence-corrected chi connectivity index (χ2v) is 11.0. The van der Waals surface area contributed by atoms with Gasteiger partial charge in [0.05, 0.1) is 0 Å². The van der Waals surface area contributed by atoms with E-state index in [0.29, 0.717) is 23.3 Å². The molecular formula is C41H27N5. The third kappa shape index (κ3) is 5.53. The summed E-state index contributed by atoms with van der Waals surface area (Å²) in [6.07, 6.45) is 3.52. The van der Waals surface area contributed by atoms with Gasteiger partial charge in [-0.2, -0.15) is 0 Å². The molecule has 0 aliphatic heterocycles. The number of aromatic nitrogens is 5. The van der Waals surface area contributed by atoms with Gasteiger partial charge in [0.2, 0.25) is 0 Å². The van der Waals surface area contributed by atoms with Crippen molar-refractivity contribution in [2.75, 3.05) is 0 Å². The fourth-order valence-electron chi connectivity index (χ4n) is 5.66. The summed E-state index contributed by atoms with van der Waals surface area (Å²) in [4.78, 5) is 23.8. The molecule has 0 unspecified atom stereocenters. The van der Waals surface area contributed by atoms with Crippen LogP contribution in [-0.2, 0) is 0 Å². The topological polar surface area (TPSA) is 64.5 Å². The Morgan fingerprint density at radius 2 is 0.717 bits per heavy atom. The molecule has 0 aliphatic rings. The largest absolute Gasteiger partial charge is 0.237 e. The van der Waals surface area contributed by atoms with Gasteiger partial charge in [-0.3, -0.25) is 0 Å². The summed E-state index contributed by atoms with van der Waals surface area (Å²) in [5.41, 5.74) is 8.09. The SMILES string of the molecule is c1ccc(-c2nc(-c3ccccc3)nc(-c3cc(-c4ccc(-c5ncccn5)cc4)cc(-c4ccc5ccccc5c4)c3)n2)cc1. The van der Waals surface area contributed by atoms with Gasteiger partial charge in [0.1, 0.15) is 0 Å². The highest BCUT2D eigenvalue weighted by Gasteiger charge is 2.15. The van der Waals surface area contributed by atoms with E-state index >= 15 is 0 Å².